The number of imide groups is 2. The fourth-order valence-corrected chi connectivity index (χ4v) is 2.86. The van der Waals surface area contributed by atoms with Crippen molar-refractivity contribution in [3.05, 3.63) is 29.7 Å². The summed E-state index contributed by atoms with van der Waals surface area (Å²) < 4.78 is 5.13. The molecule has 0 atom stereocenters. The number of amides is 4. The van der Waals surface area contributed by atoms with E-state index in [2.05, 4.69) is 5.32 Å². The molecule has 0 unspecified atom stereocenters. The normalized spacial score (nSPS) is 22.8. The molecule has 110 valence electrons. The van der Waals surface area contributed by atoms with Gasteiger partial charge in [0, 0.05) is 6.04 Å². The standard InChI is InChI=1S/C15H16N2O4/c18-13-12(9-11-7-4-8-21-11)14(19)17(15(20)16-13)10-5-2-1-3-6-10/h4,7-10H,1-3,5-6H2,(H,16,18,20)/b12-9-. The lowest BCUT2D eigenvalue weighted by atomic mass is 9.93. The van der Waals surface area contributed by atoms with Crippen LogP contribution in [0.2, 0.25) is 0 Å². The fourth-order valence-electron chi connectivity index (χ4n) is 2.86. The van der Waals surface area contributed by atoms with Gasteiger partial charge in [0.05, 0.1) is 6.26 Å². The van der Waals surface area contributed by atoms with Crippen LogP contribution < -0.4 is 5.32 Å². The number of carbonyl (C=O) groups excluding carboxylic acids is 3. The maximum Gasteiger partial charge on any atom is 0.331 e. The number of rotatable bonds is 2. The molecule has 3 rings (SSSR count). The van der Waals surface area contributed by atoms with E-state index in [0.29, 0.717) is 5.76 Å². The number of nitrogens with one attached hydrogen (secondary N) is 1. The quantitative estimate of drug-likeness (QED) is 0.667. The van der Waals surface area contributed by atoms with E-state index in [1.807, 2.05) is 0 Å². The maximum atomic E-state index is 12.5. The second-order valence-electron chi connectivity index (χ2n) is 5.30. The van der Waals surface area contributed by atoms with Gasteiger partial charge in [0.1, 0.15) is 11.3 Å². The molecule has 6 heteroatoms. The van der Waals surface area contributed by atoms with Gasteiger partial charge in [-0.05, 0) is 31.1 Å². The summed E-state index contributed by atoms with van der Waals surface area (Å²) in [5.74, 6) is -0.799. The van der Waals surface area contributed by atoms with Crippen LogP contribution in [-0.4, -0.2) is 28.8 Å². The van der Waals surface area contributed by atoms with Gasteiger partial charge in [-0.2, -0.15) is 0 Å². The van der Waals surface area contributed by atoms with Crippen molar-refractivity contribution in [2.45, 2.75) is 38.1 Å². The van der Waals surface area contributed by atoms with Crippen LogP contribution in [0.1, 0.15) is 37.9 Å². The number of urea groups is 1. The minimum Gasteiger partial charge on any atom is -0.465 e. The van der Waals surface area contributed by atoms with Gasteiger partial charge in [-0.15, -0.1) is 0 Å². The van der Waals surface area contributed by atoms with E-state index in [-0.39, 0.29) is 11.6 Å². The summed E-state index contributed by atoms with van der Waals surface area (Å²) in [5, 5.41) is 2.24. The van der Waals surface area contributed by atoms with E-state index in [4.69, 9.17) is 4.42 Å². The predicted octanol–water partition coefficient (Wildman–Crippen LogP) is 2.07. The van der Waals surface area contributed by atoms with E-state index < -0.39 is 17.8 Å². The third kappa shape index (κ3) is 2.61. The van der Waals surface area contributed by atoms with Crippen molar-refractivity contribution in [2.24, 2.45) is 0 Å². The number of furan rings is 1. The highest BCUT2D eigenvalue weighted by atomic mass is 16.3. The Balaban J connectivity index is 1.89. The third-order valence-corrected chi connectivity index (χ3v) is 3.90. The molecule has 6 nitrogen and oxygen atoms in total. The minimum absolute atomic E-state index is 0.0601. The van der Waals surface area contributed by atoms with Gasteiger partial charge < -0.3 is 4.42 Å². The topological polar surface area (TPSA) is 79.6 Å². The molecular weight excluding hydrogens is 272 g/mol. The first-order chi connectivity index (χ1) is 10.2. The molecule has 2 aliphatic rings. The van der Waals surface area contributed by atoms with Crippen molar-refractivity contribution in [1.82, 2.24) is 10.2 Å². The van der Waals surface area contributed by atoms with Crippen molar-refractivity contribution in [3.8, 4) is 0 Å². The molecule has 0 bridgehead atoms. The van der Waals surface area contributed by atoms with Gasteiger partial charge in [-0.3, -0.25) is 19.8 Å². The monoisotopic (exact) mass is 288 g/mol. The zero-order valence-corrected chi connectivity index (χ0v) is 11.5. The van der Waals surface area contributed by atoms with Gasteiger partial charge in [-0.25, -0.2) is 4.79 Å². The second-order valence-corrected chi connectivity index (χ2v) is 5.30. The van der Waals surface area contributed by atoms with Crippen molar-refractivity contribution in [1.29, 1.82) is 0 Å². The van der Waals surface area contributed by atoms with Crippen molar-refractivity contribution in [3.63, 3.8) is 0 Å². The molecule has 21 heavy (non-hydrogen) atoms. The van der Waals surface area contributed by atoms with E-state index in [9.17, 15) is 14.4 Å². The number of hydrogen-bond acceptors (Lipinski definition) is 4. The molecule has 1 aliphatic heterocycles. The largest absolute Gasteiger partial charge is 0.465 e. The lowest BCUT2D eigenvalue weighted by Crippen LogP contribution is -2.58. The smallest absolute Gasteiger partial charge is 0.331 e. The Hall–Kier alpha value is -2.37. The molecule has 1 saturated heterocycles. The summed E-state index contributed by atoms with van der Waals surface area (Å²) in [6.45, 7) is 0. The Bertz CT molecular complexity index is 597. The molecule has 1 aliphatic carbocycles. The summed E-state index contributed by atoms with van der Waals surface area (Å²) in [5.41, 5.74) is -0.0601. The molecule has 1 saturated carbocycles. The lowest BCUT2D eigenvalue weighted by molar-refractivity contribution is -0.132. The second kappa shape index (κ2) is 5.55. The molecule has 0 aromatic carbocycles. The van der Waals surface area contributed by atoms with Crippen molar-refractivity contribution in [2.75, 3.05) is 0 Å². The summed E-state index contributed by atoms with van der Waals surface area (Å²) >= 11 is 0. The molecule has 0 spiro atoms. The number of barbiturate groups is 1. The Kier molecular flexibility index (Phi) is 3.60. The van der Waals surface area contributed by atoms with Crippen LogP contribution in [0.3, 0.4) is 0 Å². The zero-order chi connectivity index (χ0) is 14.8. The third-order valence-electron chi connectivity index (χ3n) is 3.90. The van der Waals surface area contributed by atoms with Crippen LogP contribution in [0.4, 0.5) is 4.79 Å². The van der Waals surface area contributed by atoms with Gasteiger partial charge >= 0.3 is 6.03 Å². The molecule has 1 N–H and O–H groups in total. The van der Waals surface area contributed by atoms with Crippen molar-refractivity contribution >= 4 is 23.9 Å². The summed E-state index contributed by atoms with van der Waals surface area (Å²) in [4.78, 5) is 37.6. The minimum atomic E-state index is -0.673. The van der Waals surface area contributed by atoms with Crippen LogP contribution >= 0.6 is 0 Å². The summed E-state index contributed by atoms with van der Waals surface area (Å²) in [6.07, 6.45) is 7.53. The van der Waals surface area contributed by atoms with Crippen LogP contribution in [0, 0.1) is 0 Å². The Morgan fingerprint density at radius 2 is 1.95 bits per heavy atom. The Labute approximate surface area is 121 Å². The van der Waals surface area contributed by atoms with Crippen molar-refractivity contribution < 1.29 is 18.8 Å². The first-order valence-electron chi connectivity index (χ1n) is 7.11. The SMILES string of the molecule is O=C1NC(=O)N(C2CCCCC2)C(=O)/C1=C\c1ccco1. The van der Waals surface area contributed by atoms with Gasteiger partial charge in [0.15, 0.2) is 0 Å². The van der Waals surface area contributed by atoms with Gasteiger partial charge in [0.2, 0.25) is 0 Å². The van der Waals surface area contributed by atoms with E-state index in [1.54, 1.807) is 12.1 Å². The lowest BCUT2D eigenvalue weighted by Gasteiger charge is -2.35. The molecule has 1 aromatic heterocycles. The molecule has 0 radical (unpaired) electrons. The summed E-state index contributed by atoms with van der Waals surface area (Å²) in [6, 6.07) is 2.57. The Morgan fingerprint density at radius 1 is 1.19 bits per heavy atom. The van der Waals surface area contributed by atoms with Crippen LogP contribution in [0.15, 0.2) is 28.4 Å². The van der Waals surface area contributed by atoms with Crippen LogP contribution in [0.5, 0.6) is 0 Å². The van der Waals surface area contributed by atoms with Crippen LogP contribution in [0.25, 0.3) is 6.08 Å². The van der Waals surface area contributed by atoms with E-state index in [1.165, 1.54) is 17.2 Å². The fraction of sp³-hybridized carbons (Fsp3) is 0.400. The highest BCUT2D eigenvalue weighted by Gasteiger charge is 2.40. The number of carbonyl (C=O) groups is 3. The zero-order valence-electron chi connectivity index (χ0n) is 11.5. The Morgan fingerprint density at radius 3 is 2.62 bits per heavy atom. The molecular formula is C15H16N2O4. The van der Waals surface area contributed by atoms with Crippen LogP contribution in [-0.2, 0) is 9.59 Å². The highest BCUT2D eigenvalue weighted by Crippen LogP contribution is 2.26. The summed E-state index contributed by atoms with van der Waals surface area (Å²) in [7, 11) is 0. The number of hydrogen-bond donors (Lipinski definition) is 1. The molecule has 2 heterocycles. The highest BCUT2D eigenvalue weighted by molar-refractivity contribution is 6.31. The average Bonchev–Trinajstić information content (AvgIpc) is 2.97. The maximum absolute atomic E-state index is 12.5. The van der Waals surface area contributed by atoms with Gasteiger partial charge in [0.25, 0.3) is 11.8 Å². The van der Waals surface area contributed by atoms with Gasteiger partial charge in [-0.1, -0.05) is 19.3 Å². The molecule has 2 fully saturated rings. The number of nitrogens with zero attached hydrogens (tertiary/aromatic N) is 1. The van der Waals surface area contributed by atoms with E-state index >= 15 is 0 Å². The average molecular weight is 288 g/mol. The van der Waals surface area contributed by atoms with E-state index in [0.717, 1.165) is 32.1 Å². The molecule has 4 amide bonds. The first kappa shape index (κ1) is 13.6. The molecule has 1 aromatic rings. The predicted molar refractivity (Wildman–Crippen MR) is 73.9 cm³/mol. The first-order valence-corrected chi connectivity index (χ1v) is 7.11.